The Morgan fingerprint density at radius 1 is 1.08 bits per heavy atom. The van der Waals surface area contributed by atoms with Gasteiger partial charge in [0, 0.05) is 0 Å². The first-order chi connectivity index (χ1) is 5.62. The summed E-state index contributed by atoms with van der Waals surface area (Å²) in [5, 5.41) is 0. The first kappa shape index (κ1) is 10.1. The fourth-order valence-electron chi connectivity index (χ4n) is 3.18. The first-order valence-electron chi connectivity index (χ1n) is 5.62. The molecule has 0 heterocycles. The van der Waals surface area contributed by atoms with E-state index in [0.717, 1.165) is 17.8 Å². The second-order valence-electron chi connectivity index (χ2n) is 4.92. The van der Waals surface area contributed by atoms with Gasteiger partial charge in [-0.05, 0) is 36.0 Å². The molecule has 0 aromatic rings. The molecular weight excluding hydrogens is 144 g/mol. The van der Waals surface area contributed by atoms with Crippen LogP contribution in [0.2, 0.25) is 0 Å². The summed E-state index contributed by atoms with van der Waals surface area (Å²) in [6, 6.07) is 0. The Morgan fingerprint density at radius 3 is 1.92 bits per heavy atom. The molecule has 0 heteroatoms. The highest BCUT2D eigenvalue weighted by atomic mass is 14.6. The van der Waals surface area contributed by atoms with E-state index in [0.29, 0.717) is 5.41 Å². The van der Waals surface area contributed by atoms with Gasteiger partial charge in [-0.25, -0.2) is 0 Å². The minimum Gasteiger partial charge on any atom is -0.0683 e. The van der Waals surface area contributed by atoms with Gasteiger partial charge in [0.1, 0.15) is 0 Å². The lowest BCUT2D eigenvalue weighted by Gasteiger charge is -2.59. The molecule has 0 saturated heterocycles. The van der Waals surface area contributed by atoms with Crippen LogP contribution in [0.4, 0.5) is 0 Å². The van der Waals surface area contributed by atoms with E-state index in [-0.39, 0.29) is 0 Å². The Bertz CT molecular complexity index is 144. The molecule has 0 radical (unpaired) electrons. The molecule has 3 fully saturated rings. The van der Waals surface area contributed by atoms with Gasteiger partial charge >= 0.3 is 0 Å². The van der Waals surface area contributed by atoms with Crippen molar-refractivity contribution in [3.8, 4) is 0 Å². The van der Waals surface area contributed by atoms with E-state index >= 15 is 0 Å². The molecule has 3 rings (SSSR count). The van der Waals surface area contributed by atoms with E-state index in [1.807, 2.05) is 13.8 Å². The second kappa shape index (κ2) is 3.40. The maximum atomic E-state index is 2.46. The molecule has 72 valence electrons. The monoisotopic (exact) mass is 168 g/mol. The van der Waals surface area contributed by atoms with Crippen LogP contribution < -0.4 is 0 Å². The molecule has 0 spiro atoms. The van der Waals surface area contributed by atoms with Crippen LogP contribution in [0.3, 0.4) is 0 Å². The van der Waals surface area contributed by atoms with E-state index in [4.69, 9.17) is 0 Å². The summed E-state index contributed by atoms with van der Waals surface area (Å²) < 4.78 is 0. The van der Waals surface area contributed by atoms with Gasteiger partial charge in [-0.2, -0.15) is 0 Å². The van der Waals surface area contributed by atoms with Crippen molar-refractivity contribution >= 4 is 0 Å². The Labute approximate surface area is 77.7 Å². The second-order valence-corrected chi connectivity index (χ2v) is 4.92. The maximum Gasteiger partial charge on any atom is -0.0295 e. The van der Waals surface area contributed by atoms with Gasteiger partial charge in [-0.3, -0.25) is 0 Å². The Hall–Kier alpha value is 0. The topological polar surface area (TPSA) is 0 Å². The summed E-state index contributed by atoms with van der Waals surface area (Å²) in [5.74, 6) is 3.15. The zero-order valence-electron chi connectivity index (χ0n) is 9.35. The summed E-state index contributed by atoms with van der Waals surface area (Å²) in [7, 11) is 0. The molecule has 0 aliphatic heterocycles. The van der Waals surface area contributed by atoms with E-state index in [1.54, 1.807) is 0 Å². The van der Waals surface area contributed by atoms with E-state index in [1.165, 1.54) is 19.3 Å². The smallest absolute Gasteiger partial charge is 0.0295 e. The van der Waals surface area contributed by atoms with Crippen molar-refractivity contribution in [1.82, 2.24) is 0 Å². The van der Waals surface area contributed by atoms with Crippen molar-refractivity contribution in [1.29, 1.82) is 0 Å². The maximum absolute atomic E-state index is 2.46. The first-order valence-corrected chi connectivity index (χ1v) is 5.62. The molecule has 12 heavy (non-hydrogen) atoms. The van der Waals surface area contributed by atoms with Gasteiger partial charge in [0.05, 0.1) is 0 Å². The predicted octanol–water partition coefficient (Wildman–Crippen LogP) is 4.10. The minimum absolute atomic E-state index is 0.706. The van der Waals surface area contributed by atoms with Crippen molar-refractivity contribution in [2.45, 2.75) is 53.9 Å². The van der Waals surface area contributed by atoms with Crippen LogP contribution >= 0.6 is 0 Å². The highest BCUT2D eigenvalue weighted by Crippen LogP contribution is 2.61. The Morgan fingerprint density at radius 2 is 1.67 bits per heavy atom. The lowest BCUT2D eigenvalue weighted by atomic mass is 9.46. The highest BCUT2D eigenvalue weighted by Gasteiger charge is 2.52. The summed E-state index contributed by atoms with van der Waals surface area (Å²) in [6.07, 6.45) is 4.54. The quantitative estimate of drug-likeness (QED) is 0.511. The van der Waals surface area contributed by atoms with Gasteiger partial charge in [-0.15, -0.1) is 0 Å². The lowest BCUT2D eigenvalue weighted by molar-refractivity contribution is -0.0988. The third-order valence-electron chi connectivity index (χ3n) is 4.20. The largest absolute Gasteiger partial charge is 0.0683 e. The molecule has 0 aromatic heterocycles. The summed E-state index contributed by atoms with van der Waals surface area (Å²) in [5.41, 5.74) is 0.706. The molecule has 3 aliphatic rings. The van der Waals surface area contributed by atoms with Gasteiger partial charge < -0.3 is 0 Å². The Balaban J connectivity index is 0.000000336. The standard InChI is InChI=1S/C10H18.C2H6/c1-7-4-5-8-6-9(7)10(8,2)3;1-2/h7-9H,4-6H2,1-3H3;1-2H3/t7-,8-,9?;/m1./s1. The van der Waals surface area contributed by atoms with E-state index in [2.05, 4.69) is 20.8 Å². The van der Waals surface area contributed by atoms with Crippen molar-refractivity contribution in [2.24, 2.45) is 23.2 Å². The Kier molecular flexibility index (Phi) is 2.85. The minimum atomic E-state index is 0.706. The molecule has 0 amide bonds. The predicted molar refractivity (Wildman–Crippen MR) is 55.1 cm³/mol. The van der Waals surface area contributed by atoms with Crippen LogP contribution in [0.25, 0.3) is 0 Å². The van der Waals surface area contributed by atoms with E-state index in [9.17, 15) is 0 Å². The van der Waals surface area contributed by atoms with Gasteiger partial charge in [-0.1, -0.05) is 41.0 Å². The van der Waals surface area contributed by atoms with E-state index < -0.39 is 0 Å². The van der Waals surface area contributed by atoms with Crippen LogP contribution in [0.5, 0.6) is 0 Å². The van der Waals surface area contributed by atoms with Crippen LogP contribution in [-0.2, 0) is 0 Å². The third-order valence-corrected chi connectivity index (χ3v) is 4.20. The fourth-order valence-corrected chi connectivity index (χ4v) is 3.18. The average Bonchev–Trinajstić information content (AvgIpc) is 2.07. The summed E-state index contributed by atoms with van der Waals surface area (Å²) in [6.45, 7) is 11.4. The van der Waals surface area contributed by atoms with Crippen molar-refractivity contribution in [2.75, 3.05) is 0 Å². The number of rotatable bonds is 0. The number of hydrogen-bond donors (Lipinski definition) is 0. The number of fused-ring (bicyclic) bond motifs is 2. The summed E-state index contributed by atoms with van der Waals surface area (Å²) >= 11 is 0. The molecule has 3 aliphatic carbocycles. The average molecular weight is 168 g/mol. The van der Waals surface area contributed by atoms with Gasteiger partial charge in [0.2, 0.25) is 0 Å². The zero-order chi connectivity index (χ0) is 9.35. The molecule has 0 aromatic carbocycles. The van der Waals surface area contributed by atoms with Crippen LogP contribution in [0, 0.1) is 23.2 Å². The van der Waals surface area contributed by atoms with Crippen molar-refractivity contribution in [3.05, 3.63) is 0 Å². The van der Waals surface area contributed by atoms with Crippen molar-refractivity contribution < 1.29 is 0 Å². The van der Waals surface area contributed by atoms with Crippen molar-refractivity contribution in [3.63, 3.8) is 0 Å². The fraction of sp³-hybridized carbons (Fsp3) is 1.00. The molecule has 3 saturated carbocycles. The molecule has 1 unspecified atom stereocenters. The molecule has 0 nitrogen and oxygen atoms in total. The normalized spacial score (nSPS) is 42.2. The molecule has 0 N–H and O–H groups in total. The van der Waals surface area contributed by atoms with Gasteiger partial charge in [0.15, 0.2) is 0 Å². The van der Waals surface area contributed by atoms with Crippen LogP contribution in [0.15, 0.2) is 0 Å². The van der Waals surface area contributed by atoms with Gasteiger partial charge in [0.25, 0.3) is 0 Å². The molecule has 2 bridgehead atoms. The highest BCUT2D eigenvalue weighted by molar-refractivity contribution is 5.01. The third kappa shape index (κ3) is 1.30. The SMILES string of the molecule is CC.C[C@@H]1CC[C@@H]2CC1C2(C)C. The zero-order valence-corrected chi connectivity index (χ0v) is 9.35. The van der Waals surface area contributed by atoms with Crippen LogP contribution in [-0.4, -0.2) is 0 Å². The molecule has 3 atom stereocenters. The number of hydrogen-bond acceptors (Lipinski definition) is 0. The molecular formula is C12H24. The van der Waals surface area contributed by atoms with Crippen LogP contribution in [0.1, 0.15) is 53.9 Å². The lowest BCUT2D eigenvalue weighted by Crippen LogP contribution is -2.51. The summed E-state index contributed by atoms with van der Waals surface area (Å²) in [4.78, 5) is 0.